The van der Waals surface area contributed by atoms with Crippen molar-refractivity contribution in [2.45, 2.75) is 65.8 Å². The van der Waals surface area contributed by atoms with Gasteiger partial charge in [-0.2, -0.15) is 0 Å². The molecule has 0 aromatic rings. The molecule has 0 saturated carbocycles. The van der Waals surface area contributed by atoms with Crippen LogP contribution >= 0.6 is 24.0 Å². The average Bonchev–Trinajstić information content (AvgIpc) is 2.65. The minimum atomic E-state index is 0. The number of piperidine rings is 2. The molecule has 2 fully saturated rings. The lowest BCUT2D eigenvalue weighted by molar-refractivity contribution is -0.121. The summed E-state index contributed by atoms with van der Waals surface area (Å²) < 4.78 is 0. The van der Waals surface area contributed by atoms with Gasteiger partial charge in [0.1, 0.15) is 0 Å². The van der Waals surface area contributed by atoms with Gasteiger partial charge >= 0.3 is 0 Å². The minimum Gasteiger partial charge on any atom is -0.359 e. The van der Waals surface area contributed by atoms with Crippen LogP contribution in [0, 0.1) is 17.8 Å². The van der Waals surface area contributed by atoms with Crippen molar-refractivity contribution in [1.82, 2.24) is 20.4 Å². The Balaban J connectivity index is 0.00000420. The fourth-order valence-electron chi connectivity index (χ4n) is 4.66. The third kappa shape index (κ3) is 8.23. The van der Waals surface area contributed by atoms with Gasteiger partial charge in [0.05, 0.1) is 6.54 Å². The van der Waals surface area contributed by atoms with Crippen LogP contribution in [-0.4, -0.2) is 73.5 Å². The van der Waals surface area contributed by atoms with Crippen LogP contribution in [0.5, 0.6) is 0 Å². The molecule has 2 atom stereocenters. The van der Waals surface area contributed by atoms with E-state index in [0.717, 1.165) is 56.8 Å². The summed E-state index contributed by atoms with van der Waals surface area (Å²) in [5.74, 6) is 3.21. The number of aliphatic imine (C=N–C) groups is 1. The van der Waals surface area contributed by atoms with Crippen molar-refractivity contribution in [2.24, 2.45) is 22.7 Å². The molecule has 0 aromatic carbocycles. The third-order valence-corrected chi connectivity index (χ3v) is 6.34. The Bertz CT molecular complexity index is 521. The molecule has 29 heavy (non-hydrogen) atoms. The van der Waals surface area contributed by atoms with E-state index in [1.807, 2.05) is 0 Å². The molecule has 0 aliphatic carbocycles. The molecule has 2 saturated heterocycles. The topological polar surface area (TPSA) is 60.0 Å². The lowest BCUT2D eigenvalue weighted by atomic mass is 9.88. The molecule has 2 N–H and O–H groups in total. The molecule has 0 aromatic heterocycles. The second-order valence-corrected chi connectivity index (χ2v) is 9.64. The minimum absolute atomic E-state index is 0. The van der Waals surface area contributed by atoms with E-state index >= 15 is 0 Å². The zero-order valence-corrected chi connectivity index (χ0v) is 21.8. The predicted octanol–water partition coefficient (Wildman–Crippen LogP) is 3.17. The number of halogens is 1. The molecule has 2 heterocycles. The van der Waals surface area contributed by atoms with Gasteiger partial charge in [0.2, 0.25) is 5.91 Å². The third-order valence-electron chi connectivity index (χ3n) is 6.34. The number of rotatable bonds is 6. The Labute approximate surface area is 195 Å². The van der Waals surface area contributed by atoms with E-state index in [-0.39, 0.29) is 35.4 Å². The number of nitrogens with one attached hydrogen (secondary N) is 2. The molecule has 0 bridgehead atoms. The SMILES string of the molecule is CCNC(=NCC(C)(C)N1CC(C)CC(C)C1)N1CCC(CC(=O)NC)CC1.I. The molecule has 1 amide bonds. The molecule has 2 rings (SSSR count). The van der Waals surface area contributed by atoms with Crippen LogP contribution < -0.4 is 10.6 Å². The van der Waals surface area contributed by atoms with Crippen LogP contribution in [0.15, 0.2) is 4.99 Å². The summed E-state index contributed by atoms with van der Waals surface area (Å²) in [6.45, 7) is 17.5. The molecule has 0 radical (unpaired) electrons. The summed E-state index contributed by atoms with van der Waals surface area (Å²) in [6.07, 6.45) is 4.10. The second-order valence-electron chi connectivity index (χ2n) is 9.64. The van der Waals surface area contributed by atoms with Crippen molar-refractivity contribution in [3.63, 3.8) is 0 Å². The molecule has 2 aliphatic rings. The number of hydrogen-bond acceptors (Lipinski definition) is 3. The number of guanidine groups is 1. The highest BCUT2D eigenvalue weighted by Gasteiger charge is 2.33. The second kappa shape index (κ2) is 12.3. The summed E-state index contributed by atoms with van der Waals surface area (Å²) in [4.78, 5) is 21.7. The fourth-order valence-corrected chi connectivity index (χ4v) is 4.66. The highest BCUT2D eigenvalue weighted by atomic mass is 127. The van der Waals surface area contributed by atoms with Gasteiger partial charge in [-0.25, -0.2) is 0 Å². The first-order valence-electron chi connectivity index (χ1n) is 11.2. The molecular formula is C22H44IN5O. The van der Waals surface area contributed by atoms with E-state index in [2.05, 4.69) is 55.1 Å². The number of nitrogens with zero attached hydrogens (tertiary/aromatic N) is 3. The Morgan fingerprint density at radius 2 is 1.72 bits per heavy atom. The highest BCUT2D eigenvalue weighted by Crippen LogP contribution is 2.27. The molecule has 170 valence electrons. The summed E-state index contributed by atoms with van der Waals surface area (Å²) in [6, 6.07) is 0. The zero-order chi connectivity index (χ0) is 20.7. The van der Waals surface area contributed by atoms with Crippen molar-refractivity contribution >= 4 is 35.8 Å². The Kier molecular flexibility index (Phi) is 11.2. The van der Waals surface area contributed by atoms with Crippen LogP contribution in [0.3, 0.4) is 0 Å². The summed E-state index contributed by atoms with van der Waals surface area (Å²) >= 11 is 0. The van der Waals surface area contributed by atoms with Crippen molar-refractivity contribution in [3.05, 3.63) is 0 Å². The van der Waals surface area contributed by atoms with Crippen LogP contribution in [0.25, 0.3) is 0 Å². The zero-order valence-electron chi connectivity index (χ0n) is 19.5. The summed E-state index contributed by atoms with van der Waals surface area (Å²) in [7, 11) is 1.72. The first kappa shape index (κ1) is 26.5. The van der Waals surface area contributed by atoms with E-state index < -0.39 is 0 Å². The molecule has 2 unspecified atom stereocenters. The highest BCUT2D eigenvalue weighted by molar-refractivity contribution is 14.0. The van der Waals surface area contributed by atoms with Crippen LogP contribution in [-0.2, 0) is 4.79 Å². The summed E-state index contributed by atoms with van der Waals surface area (Å²) in [5, 5.41) is 6.24. The van der Waals surface area contributed by atoms with Crippen molar-refractivity contribution in [2.75, 3.05) is 46.3 Å². The van der Waals surface area contributed by atoms with E-state index in [1.54, 1.807) is 7.05 Å². The van der Waals surface area contributed by atoms with Gasteiger partial charge in [0, 0.05) is 51.7 Å². The lowest BCUT2D eigenvalue weighted by Gasteiger charge is -2.44. The Morgan fingerprint density at radius 1 is 1.14 bits per heavy atom. The number of hydrogen-bond donors (Lipinski definition) is 2. The maximum Gasteiger partial charge on any atom is 0.220 e. The first-order valence-corrected chi connectivity index (χ1v) is 11.2. The van der Waals surface area contributed by atoms with Crippen molar-refractivity contribution in [3.8, 4) is 0 Å². The predicted molar refractivity (Wildman–Crippen MR) is 133 cm³/mol. The standard InChI is InChI=1S/C22H43N5O.HI/c1-7-24-21(26-10-8-19(9-11-26)13-20(28)23-6)25-16-22(4,5)27-14-17(2)12-18(3)15-27;/h17-19H,7-16H2,1-6H3,(H,23,28)(H,24,25);1H. The van der Waals surface area contributed by atoms with Gasteiger partial charge < -0.3 is 15.5 Å². The van der Waals surface area contributed by atoms with Gasteiger partial charge in [0.25, 0.3) is 0 Å². The van der Waals surface area contributed by atoms with Gasteiger partial charge in [-0.15, -0.1) is 24.0 Å². The van der Waals surface area contributed by atoms with Crippen LogP contribution in [0.4, 0.5) is 0 Å². The lowest BCUT2D eigenvalue weighted by Crippen LogP contribution is -2.53. The van der Waals surface area contributed by atoms with Crippen molar-refractivity contribution in [1.29, 1.82) is 0 Å². The Morgan fingerprint density at radius 3 is 2.24 bits per heavy atom. The molecule has 2 aliphatic heterocycles. The van der Waals surface area contributed by atoms with E-state index in [9.17, 15) is 4.79 Å². The number of carbonyl (C=O) groups is 1. The van der Waals surface area contributed by atoms with Crippen LogP contribution in [0.1, 0.15) is 60.3 Å². The molecule has 7 heteroatoms. The molecule has 0 spiro atoms. The van der Waals surface area contributed by atoms with Gasteiger partial charge in [-0.3, -0.25) is 14.7 Å². The summed E-state index contributed by atoms with van der Waals surface area (Å²) in [5.41, 5.74) is 0.0706. The van der Waals surface area contributed by atoms with E-state index in [1.165, 1.54) is 19.5 Å². The first-order chi connectivity index (χ1) is 13.2. The smallest absolute Gasteiger partial charge is 0.220 e. The molecule has 6 nitrogen and oxygen atoms in total. The van der Waals surface area contributed by atoms with Crippen LogP contribution in [0.2, 0.25) is 0 Å². The monoisotopic (exact) mass is 521 g/mol. The van der Waals surface area contributed by atoms with Gasteiger partial charge in [-0.1, -0.05) is 13.8 Å². The van der Waals surface area contributed by atoms with E-state index in [4.69, 9.17) is 4.99 Å². The Hall–Kier alpha value is -0.570. The van der Waals surface area contributed by atoms with Crippen molar-refractivity contribution < 1.29 is 4.79 Å². The normalized spacial score (nSPS) is 24.8. The number of likely N-dealkylation sites (tertiary alicyclic amines) is 2. The fraction of sp³-hybridized carbons (Fsp3) is 0.909. The molecular weight excluding hydrogens is 477 g/mol. The largest absolute Gasteiger partial charge is 0.359 e. The quantitative estimate of drug-likeness (QED) is 0.320. The van der Waals surface area contributed by atoms with Gasteiger partial charge in [0.15, 0.2) is 5.96 Å². The number of amides is 1. The van der Waals surface area contributed by atoms with E-state index in [0.29, 0.717) is 12.3 Å². The van der Waals surface area contributed by atoms with Gasteiger partial charge in [-0.05, 0) is 57.8 Å². The maximum absolute atomic E-state index is 11.6. The average molecular weight is 522 g/mol. The maximum atomic E-state index is 11.6. The number of carbonyl (C=O) groups excluding carboxylic acids is 1.